The number of hydrogen-bond acceptors (Lipinski definition) is 4. The third-order valence-corrected chi connectivity index (χ3v) is 4.38. The van der Waals surface area contributed by atoms with Crippen LogP contribution in [0.3, 0.4) is 0 Å². The smallest absolute Gasteiger partial charge is 0.263 e. The first-order chi connectivity index (χ1) is 9.29. The Morgan fingerprint density at radius 3 is 2.60 bits per heavy atom. The zero-order valence-electron chi connectivity index (χ0n) is 10.4. The maximum atomic E-state index is 12.7. The van der Waals surface area contributed by atoms with Crippen LogP contribution in [0.2, 0.25) is 5.02 Å². The average Bonchev–Trinajstić information content (AvgIpc) is 2.38. The second kappa shape index (κ2) is 5.26. The van der Waals surface area contributed by atoms with Crippen molar-refractivity contribution in [2.45, 2.75) is 11.8 Å². The van der Waals surface area contributed by atoms with E-state index in [0.717, 1.165) is 12.3 Å². The van der Waals surface area contributed by atoms with Gasteiger partial charge in [-0.15, -0.1) is 0 Å². The molecule has 0 saturated heterocycles. The van der Waals surface area contributed by atoms with Gasteiger partial charge >= 0.3 is 0 Å². The Morgan fingerprint density at radius 1 is 1.35 bits per heavy atom. The Labute approximate surface area is 120 Å². The molecule has 20 heavy (non-hydrogen) atoms. The molecule has 0 fully saturated rings. The summed E-state index contributed by atoms with van der Waals surface area (Å²) in [6, 6.07) is 4.97. The highest BCUT2D eigenvalue weighted by atomic mass is 35.5. The van der Waals surface area contributed by atoms with E-state index in [0.29, 0.717) is 10.6 Å². The average molecular weight is 316 g/mol. The molecule has 0 atom stereocenters. The minimum absolute atomic E-state index is 0.0116. The van der Waals surface area contributed by atoms with Gasteiger partial charge < -0.3 is 5.73 Å². The van der Waals surface area contributed by atoms with Crippen molar-refractivity contribution in [1.29, 1.82) is 0 Å². The van der Waals surface area contributed by atoms with Crippen molar-refractivity contribution < 1.29 is 12.8 Å². The van der Waals surface area contributed by atoms with Gasteiger partial charge in [-0.3, -0.25) is 4.72 Å². The number of benzene rings is 1. The fourth-order valence-corrected chi connectivity index (χ4v) is 2.79. The molecule has 8 heteroatoms. The number of nitrogens with zero attached hydrogens (tertiary/aromatic N) is 1. The molecule has 1 aromatic carbocycles. The van der Waals surface area contributed by atoms with Crippen LogP contribution in [0.4, 0.5) is 15.9 Å². The summed E-state index contributed by atoms with van der Waals surface area (Å²) in [6.07, 6.45) is 0.916. The highest BCUT2D eigenvalue weighted by molar-refractivity contribution is 7.92. The molecule has 0 aliphatic heterocycles. The van der Waals surface area contributed by atoms with Gasteiger partial charge in [-0.1, -0.05) is 11.6 Å². The molecule has 0 aliphatic carbocycles. The van der Waals surface area contributed by atoms with Gasteiger partial charge in [0.25, 0.3) is 10.0 Å². The Bertz CT molecular complexity index is 725. The Morgan fingerprint density at radius 2 is 2.05 bits per heavy atom. The Kier molecular flexibility index (Phi) is 3.82. The number of aromatic nitrogens is 1. The highest BCUT2D eigenvalue weighted by Crippen LogP contribution is 2.27. The van der Waals surface area contributed by atoms with Crippen LogP contribution in [0.25, 0.3) is 0 Å². The summed E-state index contributed by atoms with van der Waals surface area (Å²) >= 11 is 5.88. The lowest BCUT2D eigenvalue weighted by atomic mass is 10.2. The number of anilines is 2. The SMILES string of the molecule is Cc1cc(S(=O)(=O)Nc2ccc(F)cn2)cc(N)c1Cl. The largest absolute Gasteiger partial charge is 0.397 e. The van der Waals surface area contributed by atoms with Crippen molar-refractivity contribution in [2.75, 3.05) is 10.5 Å². The first-order valence-corrected chi connectivity index (χ1v) is 7.36. The first-order valence-electron chi connectivity index (χ1n) is 5.49. The predicted octanol–water partition coefficient (Wildman–Crippen LogP) is 2.57. The second-order valence-corrected chi connectivity index (χ2v) is 6.17. The quantitative estimate of drug-likeness (QED) is 0.852. The van der Waals surface area contributed by atoms with Crippen molar-refractivity contribution in [3.8, 4) is 0 Å². The molecule has 106 valence electrons. The highest BCUT2D eigenvalue weighted by Gasteiger charge is 2.17. The fraction of sp³-hybridized carbons (Fsp3) is 0.0833. The minimum atomic E-state index is -3.86. The molecule has 1 aromatic heterocycles. The molecule has 3 N–H and O–H groups in total. The standard InChI is InChI=1S/C12H11ClFN3O2S/c1-7-4-9(5-10(15)12(7)13)20(18,19)17-11-3-2-8(14)6-16-11/h2-6H,15H2,1H3,(H,16,17). The van der Waals surface area contributed by atoms with Crippen LogP contribution in [0.5, 0.6) is 0 Å². The number of nitrogen functional groups attached to an aromatic ring is 1. The van der Waals surface area contributed by atoms with Crippen LogP contribution in [0.1, 0.15) is 5.56 Å². The van der Waals surface area contributed by atoms with E-state index in [1.54, 1.807) is 6.92 Å². The number of nitrogens with two attached hydrogens (primary N) is 1. The number of halogens is 2. The number of sulfonamides is 1. The Hall–Kier alpha value is -1.86. The van der Waals surface area contributed by atoms with E-state index in [2.05, 4.69) is 9.71 Å². The van der Waals surface area contributed by atoms with E-state index in [1.807, 2.05) is 0 Å². The van der Waals surface area contributed by atoms with Crippen molar-refractivity contribution in [1.82, 2.24) is 4.98 Å². The van der Waals surface area contributed by atoms with Gasteiger partial charge in [-0.05, 0) is 36.8 Å². The summed E-state index contributed by atoms with van der Waals surface area (Å²) in [5, 5.41) is 0.309. The number of nitrogens with one attached hydrogen (secondary N) is 1. The van der Waals surface area contributed by atoms with Crippen molar-refractivity contribution in [3.05, 3.63) is 46.9 Å². The number of hydrogen-bond donors (Lipinski definition) is 2. The van der Waals surface area contributed by atoms with E-state index in [-0.39, 0.29) is 16.4 Å². The van der Waals surface area contributed by atoms with Crippen LogP contribution >= 0.6 is 11.6 Å². The Balaban J connectivity index is 2.38. The topological polar surface area (TPSA) is 85.1 Å². The van der Waals surface area contributed by atoms with Crippen molar-refractivity contribution in [2.24, 2.45) is 0 Å². The van der Waals surface area contributed by atoms with E-state index in [1.165, 1.54) is 18.2 Å². The van der Waals surface area contributed by atoms with Gasteiger partial charge in [0.2, 0.25) is 0 Å². The van der Waals surface area contributed by atoms with Crippen molar-refractivity contribution in [3.63, 3.8) is 0 Å². The van der Waals surface area contributed by atoms with E-state index in [9.17, 15) is 12.8 Å². The molecule has 0 radical (unpaired) electrons. The molecule has 2 aromatic rings. The monoisotopic (exact) mass is 315 g/mol. The van der Waals surface area contributed by atoms with E-state index >= 15 is 0 Å². The van der Waals surface area contributed by atoms with Gasteiger partial charge in [-0.2, -0.15) is 0 Å². The minimum Gasteiger partial charge on any atom is -0.397 e. The van der Waals surface area contributed by atoms with E-state index in [4.69, 9.17) is 17.3 Å². The van der Waals surface area contributed by atoms with Gasteiger partial charge in [0.15, 0.2) is 0 Å². The number of pyridine rings is 1. The first kappa shape index (κ1) is 14.5. The third-order valence-electron chi connectivity index (χ3n) is 2.53. The fourth-order valence-electron chi connectivity index (χ4n) is 1.55. The molecule has 2 rings (SSSR count). The van der Waals surface area contributed by atoms with Gasteiger partial charge in [0.1, 0.15) is 11.6 Å². The van der Waals surface area contributed by atoms with Crippen LogP contribution < -0.4 is 10.5 Å². The summed E-state index contributed by atoms with van der Waals surface area (Å²) in [5.41, 5.74) is 6.35. The lowest BCUT2D eigenvalue weighted by Gasteiger charge is -2.10. The van der Waals surface area contributed by atoms with Crippen LogP contribution in [-0.4, -0.2) is 13.4 Å². The van der Waals surface area contributed by atoms with Gasteiger partial charge in [-0.25, -0.2) is 17.8 Å². The van der Waals surface area contributed by atoms with E-state index < -0.39 is 15.8 Å². The predicted molar refractivity (Wildman–Crippen MR) is 75.6 cm³/mol. The van der Waals surface area contributed by atoms with Crippen LogP contribution in [0.15, 0.2) is 35.4 Å². The van der Waals surface area contributed by atoms with Crippen LogP contribution in [-0.2, 0) is 10.0 Å². The lowest BCUT2D eigenvalue weighted by molar-refractivity contribution is 0.600. The summed E-state index contributed by atoms with van der Waals surface area (Å²) < 4.78 is 39.3. The molecular weight excluding hydrogens is 305 g/mol. The zero-order valence-corrected chi connectivity index (χ0v) is 12.0. The van der Waals surface area contributed by atoms with Crippen molar-refractivity contribution >= 4 is 33.1 Å². The summed E-state index contributed by atoms with van der Waals surface area (Å²) in [7, 11) is -3.86. The number of rotatable bonds is 3. The molecule has 5 nitrogen and oxygen atoms in total. The second-order valence-electron chi connectivity index (χ2n) is 4.11. The molecule has 1 heterocycles. The normalized spacial score (nSPS) is 11.3. The van der Waals surface area contributed by atoms with Gasteiger partial charge in [0, 0.05) is 0 Å². The van der Waals surface area contributed by atoms with Crippen LogP contribution in [0, 0.1) is 12.7 Å². The maximum Gasteiger partial charge on any atom is 0.263 e. The molecule has 0 spiro atoms. The molecule has 0 unspecified atom stereocenters. The molecule has 0 saturated carbocycles. The molecular formula is C12H11ClFN3O2S. The summed E-state index contributed by atoms with van der Waals surface area (Å²) in [6.45, 7) is 1.65. The number of aryl methyl sites for hydroxylation is 1. The summed E-state index contributed by atoms with van der Waals surface area (Å²) in [4.78, 5) is 3.59. The maximum absolute atomic E-state index is 12.7. The third kappa shape index (κ3) is 3.00. The lowest BCUT2D eigenvalue weighted by Crippen LogP contribution is -2.14. The van der Waals surface area contributed by atoms with Gasteiger partial charge in [0.05, 0.1) is 21.8 Å². The molecule has 0 amide bonds. The zero-order chi connectivity index (χ0) is 14.9. The molecule has 0 bridgehead atoms. The summed E-state index contributed by atoms with van der Waals surface area (Å²) in [5.74, 6) is -0.544. The molecule has 0 aliphatic rings.